The van der Waals surface area contributed by atoms with E-state index in [2.05, 4.69) is 5.32 Å². The first-order valence-corrected chi connectivity index (χ1v) is 16.3. The molecule has 4 aromatic rings. The van der Waals surface area contributed by atoms with Crippen LogP contribution in [0.2, 0.25) is 0 Å². The molecule has 0 saturated heterocycles. The molecule has 1 fully saturated rings. The molecule has 5 rings (SSSR count). The van der Waals surface area contributed by atoms with E-state index in [9.17, 15) is 18.0 Å². The third-order valence-electron chi connectivity index (χ3n) is 8.23. The van der Waals surface area contributed by atoms with Crippen LogP contribution in [0.15, 0.2) is 102 Å². The Morgan fingerprint density at radius 1 is 0.837 bits per heavy atom. The average molecular weight is 598 g/mol. The summed E-state index contributed by atoms with van der Waals surface area (Å²) in [6.45, 7) is 1.77. The van der Waals surface area contributed by atoms with Crippen LogP contribution in [0.25, 0.3) is 10.8 Å². The van der Waals surface area contributed by atoms with Crippen molar-refractivity contribution in [1.29, 1.82) is 0 Å². The van der Waals surface area contributed by atoms with E-state index in [1.54, 1.807) is 23.1 Å². The van der Waals surface area contributed by atoms with E-state index in [4.69, 9.17) is 0 Å². The number of aryl methyl sites for hydroxylation is 1. The number of hydrogen-bond acceptors (Lipinski definition) is 4. The fraction of sp³-hybridized carbons (Fsp3) is 0.314. The van der Waals surface area contributed by atoms with E-state index < -0.39 is 28.5 Å². The molecule has 0 radical (unpaired) electrons. The number of amides is 2. The molecule has 1 aliphatic rings. The Hall–Kier alpha value is -4.01. The Kier molecular flexibility index (Phi) is 9.58. The van der Waals surface area contributed by atoms with Crippen LogP contribution in [0.5, 0.6) is 0 Å². The molecule has 1 N–H and O–H groups in total. The third kappa shape index (κ3) is 7.50. The summed E-state index contributed by atoms with van der Waals surface area (Å²) in [5.74, 6) is -0.647. The standard InChI is InChI=1S/C35H39N3O4S/c1-26-16-18-28(19-17-26)24-38(33(22-27-10-4-3-5-11-27)35(40)36-31-14-8-9-15-31)34(39)25-37(2)43(41,42)32-21-20-29-12-6-7-13-30(29)23-32/h3-7,10-13,16-21,23,31,33H,8-9,14-15,22,24-25H2,1-2H3,(H,36,40)/t33-/m1/s1. The fourth-order valence-electron chi connectivity index (χ4n) is 5.69. The van der Waals surface area contributed by atoms with E-state index in [0.717, 1.165) is 57.5 Å². The summed E-state index contributed by atoms with van der Waals surface area (Å²) in [5, 5.41) is 4.92. The second-order valence-corrected chi connectivity index (χ2v) is 13.5. The van der Waals surface area contributed by atoms with Gasteiger partial charge in [0.2, 0.25) is 21.8 Å². The van der Waals surface area contributed by atoms with E-state index >= 15 is 0 Å². The Labute approximate surface area is 254 Å². The van der Waals surface area contributed by atoms with Crippen molar-refractivity contribution in [3.63, 3.8) is 0 Å². The zero-order valence-corrected chi connectivity index (χ0v) is 25.6. The molecular formula is C35H39N3O4S. The maximum Gasteiger partial charge on any atom is 0.243 e. The van der Waals surface area contributed by atoms with Crippen LogP contribution in [0, 0.1) is 6.92 Å². The largest absolute Gasteiger partial charge is 0.352 e. The van der Waals surface area contributed by atoms with Gasteiger partial charge in [0.05, 0.1) is 11.4 Å². The van der Waals surface area contributed by atoms with Crippen LogP contribution in [0.1, 0.15) is 42.4 Å². The smallest absolute Gasteiger partial charge is 0.243 e. The molecule has 7 nitrogen and oxygen atoms in total. The quantitative estimate of drug-likeness (QED) is 0.249. The van der Waals surface area contributed by atoms with Gasteiger partial charge in [-0.1, -0.05) is 103 Å². The van der Waals surface area contributed by atoms with Gasteiger partial charge in [0.25, 0.3) is 0 Å². The average Bonchev–Trinajstić information content (AvgIpc) is 3.53. The van der Waals surface area contributed by atoms with Gasteiger partial charge in [-0.05, 0) is 53.8 Å². The van der Waals surface area contributed by atoms with Crippen molar-refractivity contribution >= 4 is 32.6 Å². The molecule has 0 unspecified atom stereocenters. The number of rotatable bonds is 11. The van der Waals surface area contributed by atoms with E-state index in [0.29, 0.717) is 6.42 Å². The SMILES string of the molecule is Cc1ccc(CN(C(=O)CN(C)S(=O)(=O)c2ccc3ccccc3c2)[C@H](Cc2ccccc2)C(=O)NC2CCCC2)cc1. The molecule has 8 heteroatoms. The summed E-state index contributed by atoms with van der Waals surface area (Å²) in [4.78, 5) is 29.7. The third-order valence-corrected chi connectivity index (χ3v) is 10.0. The lowest BCUT2D eigenvalue weighted by Crippen LogP contribution is -2.54. The molecule has 224 valence electrons. The Morgan fingerprint density at radius 2 is 1.49 bits per heavy atom. The number of benzene rings is 4. The molecule has 0 spiro atoms. The van der Waals surface area contributed by atoms with Crippen molar-refractivity contribution < 1.29 is 18.0 Å². The molecule has 1 aliphatic carbocycles. The minimum Gasteiger partial charge on any atom is -0.352 e. The highest BCUT2D eigenvalue weighted by Crippen LogP contribution is 2.23. The van der Waals surface area contributed by atoms with Gasteiger partial charge < -0.3 is 10.2 Å². The van der Waals surface area contributed by atoms with E-state index in [-0.39, 0.29) is 23.4 Å². The monoisotopic (exact) mass is 597 g/mol. The van der Waals surface area contributed by atoms with Crippen LogP contribution in [0.4, 0.5) is 0 Å². The summed E-state index contributed by atoms with van der Waals surface area (Å²) in [5.41, 5.74) is 2.88. The van der Waals surface area contributed by atoms with Crippen LogP contribution in [-0.2, 0) is 32.6 Å². The minimum atomic E-state index is -3.98. The Balaban J connectivity index is 1.45. The summed E-state index contributed by atoms with van der Waals surface area (Å²) in [7, 11) is -2.56. The van der Waals surface area contributed by atoms with Gasteiger partial charge in [0.15, 0.2) is 0 Å². The summed E-state index contributed by atoms with van der Waals surface area (Å²) in [6.07, 6.45) is 4.29. The maximum absolute atomic E-state index is 14.1. The maximum atomic E-state index is 14.1. The van der Waals surface area contributed by atoms with Gasteiger partial charge in [-0.25, -0.2) is 8.42 Å². The zero-order valence-electron chi connectivity index (χ0n) is 24.8. The second kappa shape index (κ2) is 13.5. The minimum absolute atomic E-state index is 0.0815. The molecule has 4 aromatic carbocycles. The summed E-state index contributed by atoms with van der Waals surface area (Å²) >= 11 is 0. The Bertz CT molecular complexity index is 1670. The summed E-state index contributed by atoms with van der Waals surface area (Å²) in [6, 6.07) is 29.2. The van der Waals surface area contributed by atoms with Crippen LogP contribution < -0.4 is 5.32 Å². The molecule has 0 bridgehead atoms. The lowest BCUT2D eigenvalue weighted by Gasteiger charge is -2.33. The molecule has 43 heavy (non-hydrogen) atoms. The molecule has 1 atom stereocenters. The first-order valence-electron chi connectivity index (χ1n) is 14.8. The molecule has 0 aromatic heterocycles. The Morgan fingerprint density at radius 3 is 2.19 bits per heavy atom. The van der Waals surface area contributed by atoms with Gasteiger partial charge in [-0.3, -0.25) is 9.59 Å². The highest BCUT2D eigenvalue weighted by atomic mass is 32.2. The number of carbonyl (C=O) groups is 2. The molecular weight excluding hydrogens is 558 g/mol. The van der Waals surface area contributed by atoms with Crippen LogP contribution >= 0.6 is 0 Å². The number of fused-ring (bicyclic) bond motifs is 1. The number of sulfonamides is 1. The van der Waals surface area contributed by atoms with Gasteiger partial charge in [-0.2, -0.15) is 4.31 Å². The van der Waals surface area contributed by atoms with E-state index in [1.807, 2.05) is 85.8 Å². The number of nitrogens with zero attached hydrogens (tertiary/aromatic N) is 2. The number of carbonyl (C=O) groups excluding carboxylic acids is 2. The van der Waals surface area contributed by atoms with Crippen molar-refractivity contribution in [3.8, 4) is 0 Å². The highest BCUT2D eigenvalue weighted by Gasteiger charge is 2.34. The van der Waals surface area contributed by atoms with Crippen molar-refractivity contribution in [2.45, 2.75) is 62.6 Å². The first kappa shape index (κ1) is 30.4. The first-order chi connectivity index (χ1) is 20.7. The van der Waals surface area contributed by atoms with Gasteiger partial charge in [0.1, 0.15) is 6.04 Å². The van der Waals surface area contributed by atoms with Crippen LogP contribution in [0.3, 0.4) is 0 Å². The number of nitrogens with one attached hydrogen (secondary N) is 1. The van der Waals surface area contributed by atoms with E-state index in [1.165, 1.54) is 7.05 Å². The molecule has 2 amide bonds. The molecule has 1 saturated carbocycles. The summed E-state index contributed by atoms with van der Waals surface area (Å²) < 4.78 is 28.3. The predicted octanol–water partition coefficient (Wildman–Crippen LogP) is 5.47. The van der Waals surface area contributed by atoms with Crippen molar-refractivity contribution in [1.82, 2.24) is 14.5 Å². The fourth-order valence-corrected chi connectivity index (χ4v) is 6.84. The lowest BCUT2D eigenvalue weighted by atomic mass is 10.0. The van der Waals surface area contributed by atoms with Crippen LogP contribution in [-0.4, -0.2) is 55.1 Å². The normalized spacial score (nSPS) is 14.6. The van der Waals surface area contributed by atoms with Crippen molar-refractivity contribution in [3.05, 3.63) is 114 Å². The lowest BCUT2D eigenvalue weighted by molar-refractivity contribution is -0.141. The zero-order chi connectivity index (χ0) is 30.4. The topological polar surface area (TPSA) is 86.8 Å². The second-order valence-electron chi connectivity index (χ2n) is 11.5. The van der Waals surface area contributed by atoms with Gasteiger partial charge in [-0.15, -0.1) is 0 Å². The highest BCUT2D eigenvalue weighted by molar-refractivity contribution is 7.89. The van der Waals surface area contributed by atoms with Gasteiger partial charge >= 0.3 is 0 Å². The molecule has 0 aliphatic heterocycles. The van der Waals surface area contributed by atoms with Crippen molar-refractivity contribution in [2.24, 2.45) is 0 Å². The van der Waals surface area contributed by atoms with Gasteiger partial charge in [0, 0.05) is 26.1 Å². The number of hydrogen-bond donors (Lipinski definition) is 1. The molecule has 0 heterocycles. The number of likely N-dealkylation sites (N-methyl/N-ethyl adjacent to an activating group) is 1. The predicted molar refractivity (Wildman–Crippen MR) is 170 cm³/mol. The van der Waals surface area contributed by atoms with Crippen molar-refractivity contribution in [2.75, 3.05) is 13.6 Å².